The minimum absolute atomic E-state index is 0.347. The fourth-order valence-corrected chi connectivity index (χ4v) is 3.98. The molecule has 0 saturated heterocycles. The van der Waals surface area contributed by atoms with E-state index in [1.54, 1.807) is 13.2 Å². The fourth-order valence-electron chi connectivity index (χ4n) is 3.98. The van der Waals surface area contributed by atoms with E-state index in [1.807, 2.05) is 91.0 Å². The Kier molecular flexibility index (Phi) is 6.09. The number of ether oxygens (including phenoxy) is 2. The predicted octanol–water partition coefficient (Wildman–Crippen LogP) is 5.86. The number of fused-ring (bicyclic) bond motifs is 2. The van der Waals surface area contributed by atoms with Crippen molar-refractivity contribution in [1.29, 1.82) is 0 Å². The van der Waals surface area contributed by atoms with E-state index in [4.69, 9.17) is 14.5 Å². The zero-order valence-corrected chi connectivity index (χ0v) is 19.0. The number of esters is 1. The van der Waals surface area contributed by atoms with Gasteiger partial charge in [0.2, 0.25) is 0 Å². The molecule has 6 nitrogen and oxygen atoms in total. The van der Waals surface area contributed by atoms with Crippen molar-refractivity contribution in [3.63, 3.8) is 0 Å². The van der Waals surface area contributed by atoms with Gasteiger partial charge in [-0.15, -0.1) is 0 Å². The number of para-hydroxylation sites is 1. The zero-order chi connectivity index (χ0) is 24.2. The first-order chi connectivity index (χ1) is 17.1. The monoisotopic (exact) mass is 462 g/mol. The molecule has 0 saturated carbocycles. The zero-order valence-electron chi connectivity index (χ0n) is 19.0. The molecule has 0 bridgehead atoms. The number of pyridine rings is 1. The Balaban J connectivity index is 1.37. The molecule has 0 aliphatic heterocycles. The van der Waals surface area contributed by atoms with Gasteiger partial charge < -0.3 is 14.8 Å². The van der Waals surface area contributed by atoms with Gasteiger partial charge in [0, 0.05) is 22.0 Å². The Morgan fingerprint density at radius 2 is 1.54 bits per heavy atom. The van der Waals surface area contributed by atoms with Crippen molar-refractivity contribution in [1.82, 2.24) is 4.98 Å². The van der Waals surface area contributed by atoms with Gasteiger partial charge in [0.05, 0.1) is 23.9 Å². The number of amides is 1. The quantitative estimate of drug-likeness (QED) is 0.320. The molecule has 5 aromatic rings. The third kappa shape index (κ3) is 4.68. The maximum Gasteiger partial charge on any atom is 0.339 e. The van der Waals surface area contributed by atoms with Gasteiger partial charge in [-0.3, -0.25) is 4.79 Å². The molecule has 0 spiro atoms. The number of carbonyl (C=O) groups is 2. The Morgan fingerprint density at radius 1 is 0.829 bits per heavy atom. The minimum atomic E-state index is -0.591. The van der Waals surface area contributed by atoms with E-state index in [-0.39, 0.29) is 0 Å². The topological polar surface area (TPSA) is 77.5 Å². The van der Waals surface area contributed by atoms with Crippen LogP contribution in [0.15, 0.2) is 97.1 Å². The van der Waals surface area contributed by atoms with E-state index < -0.39 is 18.5 Å². The van der Waals surface area contributed by atoms with E-state index in [2.05, 4.69) is 5.32 Å². The second-order valence-corrected chi connectivity index (χ2v) is 7.95. The van der Waals surface area contributed by atoms with Gasteiger partial charge in [0.15, 0.2) is 6.61 Å². The lowest BCUT2D eigenvalue weighted by molar-refractivity contribution is -0.119. The van der Waals surface area contributed by atoms with Crippen LogP contribution in [0.4, 0.5) is 5.69 Å². The minimum Gasteiger partial charge on any atom is -0.497 e. The van der Waals surface area contributed by atoms with Crippen LogP contribution in [0.25, 0.3) is 32.9 Å². The molecule has 1 heterocycles. The Morgan fingerprint density at radius 3 is 2.34 bits per heavy atom. The number of aromatic nitrogens is 1. The molecule has 4 aromatic carbocycles. The van der Waals surface area contributed by atoms with Gasteiger partial charge in [0.1, 0.15) is 5.75 Å². The summed E-state index contributed by atoms with van der Waals surface area (Å²) in [6.07, 6.45) is 0. The second-order valence-electron chi connectivity index (χ2n) is 7.95. The molecule has 1 aromatic heterocycles. The molecular formula is C29H22N2O4. The Bertz CT molecular complexity index is 1540. The normalized spacial score (nSPS) is 10.8. The lowest BCUT2D eigenvalue weighted by Crippen LogP contribution is -2.21. The van der Waals surface area contributed by atoms with Gasteiger partial charge in [-0.2, -0.15) is 0 Å². The van der Waals surface area contributed by atoms with Crippen LogP contribution in [0, 0.1) is 0 Å². The summed E-state index contributed by atoms with van der Waals surface area (Å²) in [5.74, 6) is -0.277. The highest BCUT2D eigenvalue weighted by Gasteiger charge is 2.17. The second kappa shape index (κ2) is 9.65. The van der Waals surface area contributed by atoms with Gasteiger partial charge >= 0.3 is 5.97 Å². The summed E-state index contributed by atoms with van der Waals surface area (Å²) >= 11 is 0. The summed E-state index contributed by atoms with van der Waals surface area (Å²) in [5.41, 5.74) is 3.13. The molecule has 0 atom stereocenters. The average Bonchev–Trinajstić information content (AvgIpc) is 2.91. The number of hydrogen-bond donors (Lipinski definition) is 1. The summed E-state index contributed by atoms with van der Waals surface area (Å²) in [6.45, 7) is -0.406. The van der Waals surface area contributed by atoms with Crippen molar-refractivity contribution >= 4 is 39.2 Å². The highest BCUT2D eigenvalue weighted by molar-refractivity contribution is 6.06. The van der Waals surface area contributed by atoms with Crippen LogP contribution in [0.1, 0.15) is 10.4 Å². The number of nitrogens with zero attached hydrogens (tertiary/aromatic N) is 1. The lowest BCUT2D eigenvalue weighted by atomic mass is 10.0. The van der Waals surface area contributed by atoms with Crippen LogP contribution in [-0.2, 0) is 9.53 Å². The molecule has 6 heteroatoms. The molecule has 1 amide bonds. The van der Waals surface area contributed by atoms with Gasteiger partial charge in [-0.25, -0.2) is 9.78 Å². The third-order valence-electron chi connectivity index (χ3n) is 5.72. The summed E-state index contributed by atoms with van der Waals surface area (Å²) in [5, 5.41) is 5.42. The number of hydrogen-bond acceptors (Lipinski definition) is 5. The fraction of sp³-hybridized carbons (Fsp3) is 0.0690. The number of methoxy groups -OCH3 is 1. The first-order valence-electron chi connectivity index (χ1n) is 11.1. The number of nitrogens with one attached hydrogen (secondary N) is 1. The van der Waals surface area contributed by atoms with Crippen LogP contribution in [0.5, 0.6) is 5.75 Å². The SMILES string of the molecule is COc1ccc(-c2cc(C(=O)OCC(=O)Nc3cccc4ccccc34)c3ccccc3n2)cc1. The number of anilines is 1. The van der Waals surface area contributed by atoms with Crippen molar-refractivity contribution in [2.45, 2.75) is 0 Å². The van der Waals surface area contributed by atoms with Crippen LogP contribution in [0.2, 0.25) is 0 Å². The van der Waals surface area contributed by atoms with E-state index >= 15 is 0 Å². The number of benzene rings is 4. The average molecular weight is 463 g/mol. The highest BCUT2D eigenvalue weighted by atomic mass is 16.5. The molecular weight excluding hydrogens is 440 g/mol. The lowest BCUT2D eigenvalue weighted by Gasteiger charge is -2.11. The van der Waals surface area contributed by atoms with E-state index in [9.17, 15) is 9.59 Å². The van der Waals surface area contributed by atoms with Crippen LogP contribution in [0.3, 0.4) is 0 Å². The summed E-state index contributed by atoms with van der Waals surface area (Å²) < 4.78 is 10.6. The summed E-state index contributed by atoms with van der Waals surface area (Å²) in [4.78, 5) is 30.3. The van der Waals surface area contributed by atoms with Gasteiger partial charge in [0.25, 0.3) is 5.91 Å². The van der Waals surface area contributed by atoms with Crippen molar-refractivity contribution in [3.05, 3.63) is 103 Å². The van der Waals surface area contributed by atoms with Crippen molar-refractivity contribution in [3.8, 4) is 17.0 Å². The molecule has 0 unspecified atom stereocenters. The maximum absolute atomic E-state index is 13.1. The van der Waals surface area contributed by atoms with Gasteiger partial charge in [-0.1, -0.05) is 54.6 Å². The maximum atomic E-state index is 13.1. The molecule has 5 rings (SSSR count). The Labute approximate surface area is 202 Å². The van der Waals surface area contributed by atoms with E-state index in [1.165, 1.54) is 0 Å². The van der Waals surface area contributed by atoms with E-state index in [0.717, 1.165) is 22.1 Å². The van der Waals surface area contributed by atoms with Gasteiger partial charge in [-0.05, 0) is 47.9 Å². The number of carbonyl (C=O) groups excluding carboxylic acids is 2. The molecule has 35 heavy (non-hydrogen) atoms. The molecule has 0 fully saturated rings. The largest absolute Gasteiger partial charge is 0.497 e. The molecule has 0 aliphatic rings. The number of rotatable bonds is 6. The molecule has 0 radical (unpaired) electrons. The molecule has 1 N–H and O–H groups in total. The smallest absolute Gasteiger partial charge is 0.339 e. The van der Waals surface area contributed by atoms with Crippen LogP contribution in [-0.4, -0.2) is 30.6 Å². The molecule has 172 valence electrons. The Hall–Kier alpha value is -4.71. The van der Waals surface area contributed by atoms with Crippen molar-refractivity contribution in [2.75, 3.05) is 19.0 Å². The predicted molar refractivity (Wildman–Crippen MR) is 137 cm³/mol. The van der Waals surface area contributed by atoms with Crippen molar-refractivity contribution in [2.24, 2.45) is 0 Å². The first kappa shape index (κ1) is 22.1. The summed E-state index contributed by atoms with van der Waals surface area (Å²) in [7, 11) is 1.60. The van der Waals surface area contributed by atoms with Crippen molar-refractivity contribution < 1.29 is 19.1 Å². The van der Waals surface area contributed by atoms with Crippen LogP contribution < -0.4 is 10.1 Å². The third-order valence-corrected chi connectivity index (χ3v) is 5.72. The molecule has 0 aliphatic carbocycles. The highest BCUT2D eigenvalue weighted by Crippen LogP contribution is 2.27. The first-order valence-corrected chi connectivity index (χ1v) is 11.1. The van der Waals surface area contributed by atoms with Crippen LogP contribution >= 0.6 is 0 Å². The standard InChI is InChI=1S/C29H22N2O4/c1-34-21-15-13-20(14-16-21)27-17-24(23-10-4-5-11-26(23)30-27)29(33)35-18-28(32)31-25-12-6-8-19-7-2-3-9-22(19)25/h2-17H,18H2,1H3,(H,31,32). The summed E-state index contributed by atoms with van der Waals surface area (Å²) in [6, 6.07) is 29.9. The van der Waals surface area contributed by atoms with E-state index in [0.29, 0.717) is 27.8 Å².